The summed E-state index contributed by atoms with van der Waals surface area (Å²) in [6.07, 6.45) is 0.755. The van der Waals surface area contributed by atoms with Crippen LogP contribution in [0.4, 0.5) is 5.95 Å². The molecule has 0 aromatic carbocycles. The second kappa shape index (κ2) is 7.51. The van der Waals surface area contributed by atoms with Crippen LogP contribution in [-0.4, -0.2) is 67.5 Å². The number of nitrogens with one attached hydrogen (secondary N) is 1. The Morgan fingerprint density at radius 1 is 1.26 bits per heavy atom. The first kappa shape index (κ1) is 15.9. The molecule has 0 aliphatic carbocycles. The van der Waals surface area contributed by atoms with Crippen LogP contribution in [0.5, 0.6) is 6.01 Å². The molecule has 1 aromatic heterocycles. The highest BCUT2D eigenvalue weighted by molar-refractivity contribution is 5.78. The Hall–Kier alpha value is -2.00. The zero-order valence-electron chi connectivity index (χ0n) is 13.2. The van der Waals surface area contributed by atoms with E-state index in [4.69, 9.17) is 14.2 Å². The van der Waals surface area contributed by atoms with Crippen molar-refractivity contribution in [2.45, 2.75) is 13.0 Å². The molecular formula is C14H21N5O4. The Labute approximate surface area is 134 Å². The number of hydrogen-bond donors (Lipinski definition) is 1. The summed E-state index contributed by atoms with van der Waals surface area (Å²) in [5.41, 5.74) is 0. The summed E-state index contributed by atoms with van der Waals surface area (Å²) in [5, 5.41) is 2.85. The van der Waals surface area contributed by atoms with Gasteiger partial charge in [-0.1, -0.05) is 0 Å². The van der Waals surface area contributed by atoms with Crippen molar-refractivity contribution >= 4 is 11.9 Å². The van der Waals surface area contributed by atoms with E-state index in [9.17, 15) is 4.79 Å². The number of methoxy groups -OCH3 is 1. The Bertz CT molecular complexity index is 544. The number of hydrogen-bond acceptors (Lipinski definition) is 8. The summed E-state index contributed by atoms with van der Waals surface area (Å²) in [5.74, 6) is 0.909. The molecule has 2 aliphatic rings. The van der Waals surface area contributed by atoms with Crippen LogP contribution in [-0.2, 0) is 20.8 Å². The normalized spacial score (nSPS) is 21.3. The van der Waals surface area contributed by atoms with Gasteiger partial charge in [-0.2, -0.15) is 15.0 Å². The number of morpholine rings is 1. The first-order valence-electron chi connectivity index (χ1n) is 7.73. The van der Waals surface area contributed by atoms with Crippen molar-refractivity contribution in [1.82, 2.24) is 20.3 Å². The maximum atomic E-state index is 12.0. The molecule has 3 rings (SSSR count). The molecule has 2 aliphatic heterocycles. The predicted molar refractivity (Wildman–Crippen MR) is 80.2 cm³/mol. The lowest BCUT2D eigenvalue weighted by molar-refractivity contribution is -0.125. The van der Waals surface area contributed by atoms with Gasteiger partial charge in [-0.05, 0) is 6.42 Å². The Morgan fingerprint density at radius 2 is 2.09 bits per heavy atom. The first-order chi connectivity index (χ1) is 11.3. The van der Waals surface area contributed by atoms with Crippen LogP contribution in [0.1, 0.15) is 12.2 Å². The average molecular weight is 323 g/mol. The molecule has 126 valence electrons. The number of anilines is 1. The second-order valence-corrected chi connectivity index (χ2v) is 5.42. The van der Waals surface area contributed by atoms with E-state index in [1.165, 1.54) is 7.11 Å². The Balaban J connectivity index is 1.66. The quantitative estimate of drug-likeness (QED) is 0.765. The third kappa shape index (κ3) is 4.05. The van der Waals surface area contributed by atoms with E-state index >= 15 is 0 Å². The van der Waals surface area contributed by atoms with E-state index in [0.29, 0.717) is 38.2 Å². The van der Waals surface area contributed by atoms with E-state index in [1.54, 1.807) is 0 Å². The fraction of sp³-hybridized carbons (Fsp3) is 0.714. The molecule has 0 bridgehead atoms. The van der Waals surface area contributed by atoms with E-state index in [1.807, 2.05) is 4.90 Å². The van der Waals surface area contributed by atoms with Gasteiger partial charge in [0, 0.05) is 19.7 Å². The number of carbonyl (C=O) groups excluding carboxylic acids is 1. The minimum atomic E-state index is -0.0857. The smallest absolute Gasteiger partial charge is 0.321 e. The molecule has 9 nitrogen and oxygen atoms in total. The van der Waals surface area contributed by atoms with Crippen molar-refractivity contribution in [3.05, 3.63) is 5.82 Å². The summed E-state index contributed by atoms with van der Waals surface area (Å²) < 4.78 is 15.7. The molecule has 0 unspecified atom stereocenters. The van der Waals surface area contributed by atoms with Crippen LogP contribution in [0, 0.1) is 5.92 Å². The highest BCUT2D eigenvalue weighted by Gasteiger charge is 2.23. The highest BCUT2D eigenvalue weighted by Crippen LogP contribution is 2.15. The van der Waals surface area contributed by atoms with Crippen molar-refractivity contribution in [2.24, 2.45) is 5.92 Å². The van der Waals surface area contributed by atoms with Crippen LogP contribution in [0.3, 0.4) is 0 Å². The zero-order chi connectivity index (χ0) is 16.1. The van der Waals surface area contributed by atoms with Gasteiger partial charge in [0.2, 0.25) is 11.9 Å². The molecule has 3 heterocycles. The van der Waals surface area contributed by atoms with Gasteiger partial charge in [-0.15, -0.1) is 0 Å². The molecule has 0 radical (unpaired) electrons. The zero-order valence-corrected chi connectivity index (χ0v) is 13.2. The summed E-state index contributed by atoms with van der Waals surface area (Å²) in [6, 6.07) is 0.245. The van der Waals surface area contributed by atoms with E-state index in [2.05, 4.69) is 20.3 Å². The van der Waals surface area contributed by atoms with Crippen LogP contribution in [0.15, 0.2) is 0 Å². The topological polar surface area (TPSA) is 98.7 Å². The first-order valence-corrected chi connectivity index (χ1v) is 7.73. The molecule has 9 heteroatoms. The van der Waals surface area contributed by atoms with Gasteiger partial charge in [0.1, 0.15) is 0 Å². The molecule has 0 spiro atoms. The van der Waals surface area contributed by atoms with Gasteiger partial charge in [-0.25, -0.2) is 0 Å². The van der Waals surface area contributed by atoms with Gasteiger partial charge in [0.15, 0.2) is 5.82 Å². The third-order valence-electron chi connectivity index (χ3n) is 3.85. The van der Waals surface area contributed by atoms with E-state index < -0.39 is 0 Å². The Morgan fingerprint density at radius 3 is 2.78 bits per heavy atom. The maximum absolute atomic E-state index is 12.0. The molecule has 0 saturated carbocycles. The lowest BCUT2D eigenvalue weighted by Gasteiger charge is -2.26. The monoisotopic (exact) mass is 323 g/mol. The largest absolute Gasteiger partial charge is 0.467 e. The summed E-state index contributed by atoms with van der Waals surface area (Å²) in [7, 11) is 1.51. The molecular weight excluding hydrogens is 302 g/mol. The Kier molecular flexibility index (Phi) is 5.19. The fourth-order valence-corrected chi connectivity index (χ4v) is 2.51. The minimum absolute atomic E-state index is 0.0326. The number of aromatic nitrogens is 3. The van der Waals surface area contributed by atoms with Crippen molar-refractivity contribution in [2.75, 3.05) is 51.5 Å². The summed E-state index contributed by atoms with van der Waals surface area (Å²) in [6.45, 7) is 4.08. The molecule has 23 heavy (non-hydrogen) atoms. The van der Waals surface area contributed by atoms with Gasteiger partial charge >= 0.3 is 6.01 Å². The number of amides is 1. The minimum Gasteiger partial charge on any atom is -0.467 e. The molecule has 1 N–H and O–H groups in total. The summed E-state index contributed by atoms with van der Waals surface area (Å²) >= 11 is 0. The molecule has 2 saturated heterocycles. The van der Waals surface area contributed by atoms with Crippen LogP contribution >= 0.6 is 0 Å². The van der Waals surface area contributed by atoms with E-state index in [0.717, 1.165) is 19.5 Å². The van der Waals surface area contributed by atoms with Crippen molar-refractivity contribution in [3.8, 4) is 6.01 Å². The maximum Gasteiger partial charge on any atom is 0.321 e. The highest BCUT2D eigenvalue weighted by atomic mass is 16.5. The van der Waals surface area contributed by atoms with Crippen molar-refractivity contribution in [1.29, 1.82) is 0 Å². The van der Waals surface area contributed by atoms with Crippen LogP contribution in [0.25, 0.3) is 0 Å². The van der Waals surface area contributed by atoms with Gasteiger partial charge in [0.05, 0.1) is 39.4 Å². The molecule has 2 fully saturated rings. The molecule has 1 atom stereocenters. The standard InChI is InChI=1S/C14H21N5O4/c1-21-14-17-11(8-15-12(20)10-2-5-23-9-10)16-13(18-14)19-3-6-22-7-4-19/h10H,2-9H2,1H3,(H,15,20)/t10-/m1/s1. The second-order valence-electron chi connectivity index (χ2n) is 5.42. The lowest BCUT2D eigenvalue weighted by atomic mass is 10.1. The lowest BCUT2D eigenvalue weighted by Crippen LogP contribution is -2.38. The van der Waals surface area contributed by atoms with Crippen LogP contribution < -0.4 is 15.0 Å². The average Bonchev–Trinajstić information content (AvgIpc) is 3.15. The van der Waals surface area contributed by atoms with E-state index in [-0.39, 0.29) is 24.4 Å². The fourth-order valence-electron chi connectivity index (χ4n) is 2.51. The SMILES string of the molecule is COc1nc(CNC(=O)[C@@H]2CCOC2)nc(N2CCOCC2)n1. The number of rotatable bonds is 5. The summed E-state index contributed by atoms with van der Waals surface area (Å²) in [4.78, 5) is 27.0. The third-order valence-corrected chi connectivity index (χ3v) is 3.85. The molecule has 1 amide bonds. The van der Waals surface area contributed by atoms with Crippen LogP contribution in [0.2, 0.25) is 0 Å². The number of nitrogens with zero attached hydrogens (tertiary/aromatic N) is 4. The predicted octanol–water partition coefficient (Wildman–Crippen LogP) is -0.630. The van der Waals surface area contributed by atoms with Gasteiger partial charge < -0.3 is 24.4 Å². The van der Waals surface area contributed by atoms with Gasteiger partial charge in [0.25, 0.3) is 0 Å². The van der Waals surface area contributed by atoms with Crippen molar-refractivity contribution < 1.29 is 19.0 Å². The van der Waals surface area contributed by atoms with Gasteiger partial charge in [-0.3, -0.25) is 4.79 Å². The number of ether oxygens (including phenoxy) is 3. The molecule has 1 aromatic rings. The number of carbonyl (C=O) groups is 1. The van der Waals surface area contributed by atoms with Crippen molar-refractivity contribution in [3.63, 3.8) is 0 Å².